The molecule has 0 aromatic heterocycles. The summed E-state index contributed by atoms with van der Waals surface area (Å²) in [4.78, 5) is 33.9. The van der Waals surface area contributed by atoms with Crippen LogP contribution in [0.25, 0.3) is 0 Å². The first-order valence-electron chi connectivity index (χ1n) is 4.88. The van der Waals surface area contributed by atoms with Crippen molar-refractivity contribution in [3.63, 3.8) is 0 Å². The Morgan fingerprint density at radius 3 is 2.11 bits per heavy atom. The lowest BCUT2D eigenvalue weighted by atomic mass is 10.2. The van der Waals surface area contributed by atoms with E-state index in [0.717, 1.165) is 4.90 Å². The largest absolute Gasteiger partial charge is 0.480 e. The van der Waals surface area contributed by atoms with E-state index in [9.17, 15) is 14.4 Å². The van der Waals surface area contributed by atoms with E-state index in [4.69, 9.17) is 10.2 Å². The van der Waals surface area contributed by atoms with Crippen LogP contribution in [0.15, 0.2) is 28.7 Å². The van der Waals surface area contributed by atoms with Crippen molar-refractivity contribution in [3.8, 4) is 0 Å². The molecule has 7 heteroatoms. The zero-order chi connectivity index (χ0) is 13.7. The fourth-order valence-electron chi connectivity index (χ4n) is 1.33. The Hall–Kier alpha value is -1.89. The Morgan fingerprint density at radius 1 is 1.11 bits per heavy atom. The van der Waals surface area contributed by atoms with Crippen LogP contribution in [0.5, 0.6) is 0 Å². The Morgan fingerprint density at radius 2 is 1.67 bits per heavy atom. The first kappa shape index (κ1) is 14.2. The number of carbonyl (C=O) groups is 3. The van der Waals surface area contributed by atoms with E-state index in [1.807, 2.05) is 0 Å². The van der Waals surface area contributed by atoms with Gasteiger partial charge in [-0.05, 0) is 18.2 Å². The second kappa shape index (κ2) is 6.15. The van der Waals surface area contributed by atoms with Crippen molar-refractivity contribution in [2.75, 3.05) is 13.1 Å². The first-order chi connectivity index (χ1) is 8.40. The van der Waals surface area contributed by atoms with Gasteiger partial charge in [0, 0.05) is 10.0 Å². The SMILES string of the molecule is O=C(O)CN(CC(=O)O)C(=O)c1cccc(Br)c1. The number of nitrogens with zero attached hydrogens (tertiary/aromatic N) is 1. The van der Waals surface area contributed by atoms with Crippen LogP contribution in [-0.2, 0) is 9.59 Å². The molecule has 0 unspecified atom stereocenters. The number of carboxylic acid groups (broad SMARTS) is 2. The molecule has 2 N–H and O–H groups in total. The highest BCUT2D eigenvalue weighted by atomic mass is 79.9. The monoisotopic (exact) mass is 315 g/mol. The molecule has 0 radical (unpaired) electrons. The van der Waals surface area contributed by atoms with Gasteiger partial charge in [-0.25, -0.2) is 0 Å². The average Bonchev–Trinajstić information content (AvgIpc) is 2.26. The van der Waals surface area contributed by atoms with E-state index in [1.165, 1.54) is 12.1 Å². The fraction of sp³-hybridized carbons (Fsp3) is 0.182. The average molecular weight is 316 g/mol. The normalized spacial score (nSPS) is 9.83. The fourth-order valence-corrected chi connectivity index (χ4v) is 1.73. The van der Waals surface area contributed by atoms with E-state index < -0.39 is 30.9 Å². The third-order valence-electron chi connectivity index (χ3n) is 2.01. The molecular weight excluding hydrogens is 306 g/mol. The lowest BCUT2D eigenvalue weighted by molar-refractivity contribution is -0.140. The minimum atomic E-state index is -1.26. The number of hydrogen-bond donors (Lipinski definition) is 2. The maximum Gasteiger partial charge on any atom is 0.323 e. The summed E-state index contributed by atoms with van der Waals surface area (Å²) < 4.78 is 0.652. The Bertz CT molecular complexity index is 472. The third-order valence-corrected chi connectivity index (χ3v) is 2.50. The standard InChI is InChI=1S/C11H10BrNO5/c12-8-3-1-2-7(4-8)11(18)13(5-9(14)15)6-10(16)17/h1-4H,5-6H2,(H,14,15)(H,16,17). The minimum absolute atomic E-state index is 0.229. The number of amides is 1. The third kappa shape index (κ3) is 4.17. The van der Waals surface area contributed by atoms with Gasteiger partial charge in [-0.1, -0.05) is 22.0 Å². The molecule has 6 nitrogen and oxygen atoms in total. The van der Waals surface area contributed by atoms with Crippen LogP contribution in [-0.4, -0.2) is 46.0 Å². The summed E-state index contributed by atoms with van der Waals surface area (Å²) in [6, 6.07) is 6.30. The maximum absolute atomic E-state index is 11.9. The molecule has 0 atom stereocenters. The number of hydrogen-bond acceptors (Lipinski definition) is 3. The smallest absolute Gasteiger partial charge is 0.323 e. The van der Waals surface area contributed by atoms with Crippen molar-refractivity contribution in [2.24, 2.45) is 0 Å². The van der Waals surface area contributed by atoms with Gasteiger partial charge < -0.3 is 15.1 Å². The van der Waals surface area contributed by atoms with Crippen LogP contribution in [0, 0.1) is 0 Å². The molecule has 0 bridgehead atoms. The summed E-state index contributed by atoms with van der Waals surface area (Å²) in [5, 5.41) is 17.3. The van der Waals surface area contributed by atoms with E-state index in [2.05, 4.69) is 15.9 Å². The van der Waals surface area contributed by atoms with E-state index in [-0.39, 0.29) is 5.56 Å². The molecule has 0 saturated heterocycles. The summed E-state index contributed by atoms with van der Waals surface area (Å²) in [5.41, 5.74) is 0.229. The van der Waals surface area contributed by atoms with Crippen molar-refractivity contribution in [2.45, 2.75) is 0 Å². The molecule has 0 aliphatic heterocycles. The number of benzene rings is 1. The van der Waals surface area contributed by atoms with Crippen LogP contribution >= 0.6 is 15.9 Å². The summed E-state index contributed by atoms with van der Waals surface area (Å²) in [6.07, 6.45) is 0. The van der Waals surface area contributed by atoms with Crippen molar-refractivity contribution in [1.29, 1.82) is 0 Å². The van der Waals surface area contributed by atoms with Gasteiger partial charge in [-0.2, -0.15) is 0 Å². The van der Waals surface area contributed by atoms with Gasteiger partial charge in [0.15, 0.2) is 0 Å². The van der Waals surface area contributed by atoms with Gasteiger partial charge in [0.2, 0.25) is 0 Å². The molecule has 1 amide bonds. The maximum atomic E-state index is 11.9. The van der Waals surface area contributed by atoms with Crippen LogP contribution in [0.3, 0.4) is 0 Å². The van der Waals surface area contributed by atoms with Gasteiger partial charge in [0.05, 0.1) is 0 Å². The highest BCUT2D eigenvalue weighted by molar-refractivity contribution is 9.10. The highest BCUT2D eigenvalue weighted by Gasteiger charge is 2.21. The van der Waals surface area contributed by atoms with Gasteiger partial charge in [-0.3, -0.25) is 14.4 Å². The molecule has 18 heavy (non-hydrogen) atoms. The molecule has 0 heterocycles. The molecule has 1 aromatic carbocycles. The van der Waals surface area contributed by atoms with E-state index in [1.54, 1.807) is 12.1 Å². The van der Waals surface area contributed by atoms with E-state index in [0.29, 0.717) is 4.47 Å². The minimum Gasteiger partial charge on any atom is -0.480 e. The molecular formula is C11H10BrNO5. The molecule has 96 valence electrons. The number of carboxylic acids is 2. The van der Waals surface area contributed by atoms with Gasteiger partial charge >= 0.3 is 11.9 Å². The number of carbonyl (C=O) groups excluding carboxylic acids is 1. The molecule has 0 fully saturated rings. The number of halogens is 1. The number of rotatable bonds is 5. The quantitative estimate of drug-likeness (QED) is 0.847. The molecule has 1 rings (SSSR count). The lowest BCUT2D eigenvalue weighted by Gasteiger charge is -2.18. The zero-order valence-electron chi connectivity index (χ0n) is 9.17. The summed E-state index contributed by atoms with van der Waals surface area (Å²) in [5.74, 6) is -3.17. The Kier molecular flexibility index (Phi) is 4.85. The number of aliphatic carboxylic acids is 2. The molecule has 1 aromatic rings. The zero-order valence-corrected chi connectivity index (χ0v) is 10.8. The summed E-state index contributed by atoms with van der Waals surface area (Å²) in [6.45, 7) is -1.31. The van der Waals surface area contributed by atoms with Crippen molar-refractivity contribution < 1.29 is 24.6 Å². The molecule has 0 spiro atoms. The van der Waals surface area contributed by atoms with Crippen molar-refractivity contribution in [1.82, 2.24) is 4.90 Å². The second-order valence-electron chi connectivity index (χ2n) is 3.46. The molecule has 0 aliphatic rings. The Labute approximate surface area is 111 Å². The highest BCUT2D eigenvalue weighted by Crippen LogP contribution is 2.13. The molecule has 0 aliphatic carbocycles. The van der Waals surface area contributed by atoms with E-state index >= 15 is 0 Å². The van der Waals surface area contributed by atoms with Gasteiger partial charge in [-0.15, -0.1) is 0 Å². The summed E-state index contributed by atoms with van der Waals surface area (Å²) in [7, 11) is 0. The van der Waals surface area contributed by atoms with Gasteiger partial charge in [0.1, 0.15) is 13.1 Å². The first-order valence-corrected chi connectivity index (χ1v) is 5.68. The molecule has 0 saturated carbocycles. The van der Waals surface area contributed by atoms with Crippen LogP contribution in [0.1, 0.15) is 10.4 Å². The van der Waals surface area contributed by atoms with Gasteiger partial charge in [0.25, 0.3) is 5.91 Å². The van der Waals surface area contributed by atoms with Crippen LogP contribution in [0.4, 0.5) is 0 Å². The Balaban J connectivity index is 2.94. The summed E-state index contributed by atoms with van der Waals surface area (Å²) >= 11 is 3.18. The predicted octanol–water partition coefficient (Wildman–Crippen LogP) is 1.06. The topological polar surface area (TPSA) is 94.9 Å². The second-order valence-corrected chi connectivity index (χ2v) is 4.37. The van der Waals surface area contributed by atoms with Crippen molar-refractivity contribution >= 4 is 33.8 Å². The van der Waals surface area contributed by atoms with Crippen molar-refractivity contribution in [3.05, 3.63) is 34.3 Å². The van der Waals surface area contributed by atoms with Crippen LogP contribution in [0.2, 0.25) is 0 Å². The lowest BCUT2D eigenvalue weighted by Crippen LogP contribution is -2.39. The van der Waals surface area contributed by atoms with Crippen LogP contribution < -0.4 is 0 Å². The predicted molar refractivity (Wildman–Crippen MR) is 65.3 cm³/mol.